The summed E-state index contributed by atoms with van der Waals surface area (Å²) in [5.41, 5.74) is 1.31. The van der Waals surface area contributed by atoms with Crippen LogP contribution < -0.4 is 32.4 Å². The molecule has 1 aromatic heterocycles. The maximum absolute atomic E-state index is 11.6. The number of fused-ring (bicyclic) bond motifs is 2. The minimum Gasteiger partial charge on any atom is -1.00 e. The third-order valence-electron chi connectivity index (χ3n) is 3.57. The largest absolute Gasteiger partial charge is 1.00 e. The topological polar surface area (TPSA) is 63.1 Å². The molecule has 0 unspecified atom stereocenters. The quantitative estimate of drug-likeness (QED) is 0.637. The summed E-state index contributed by atoms with van der Waals surface area (Å²) in [6.45, 7) is 0.637. The van der Waals surface area contributed by atoms with Crippen LogP contribution in [0.4, 0.5) is 11.5 Å². The predicted octanol–water partition coefficient (Wildman–Crippen LogP) is -1.06. The van der Waals surface area contributed by atoms with E-state index in [9.17, 15) is 4.79 Å². The Bertz CT molecular complexity index is 919. The van der Waals surface area contributed by atoms with Crippen molar-refractivity contribution in [1.29, 1.82) is 0 Å². The van der Waals surface area contributed by atoms with Crippen molar-refractivity contribution in [1.82, 2.24) is 15.0 Å². The summed E-state index contributed by atoms with van der Waals surface area (Å²) in [4.78, 5) is 24.4. The first kappa shape index (κ1) is 14.5. The molecule has 0 saturated carbocycles. The van der Waals surface area contributed by atoms with E-state index in [0.29, 0.717) is 18.1 Å². The Kier molecular flexibility index (Phi) is 3.77. The second-order valence-electron chi connectivity index (χ2n) is 4.96. The molecule has 6 heteroatoms. The third-order valence-corrected chi connectivity index (χ3v) is 3.57. The normalized spacial score (nSPS) is 12.3. The summed E-state index contributed by atoms with van der Waals surface area (Å²) in [7, 11) is 0. The van der Waals surface area contributed by atoms with Gasteiger partial charge in [0.15, 0.2) is 0 Å². The van der Waals surface area contributed by atoms with Gasteiger partial charge in [-0.25, -0.2) is 4.90 Å². The van der Waals surface area contributed by atoms with Crippen molar-refractivity contribution in [3.8, 4) is 0 Å². The average Bonchev–Trinajstić information content (AvgIpc) is 2.92. The molecule has 4 rings (SSSR count). The van der Waals surface area contributed by atoms with Crippen LogP contribution in [0.5, 0.6) is 0 Å². The van der Waals surface area contributed by atoms with Crippen LogP contribution in [0.2, 0.25) is 0 Å². The zero-order valence-electron chi connectivity index (χ0n) is 11.5. The third kappa shape index (κ3) is 2.42. The van der Waals surface area contributed by atoms with Gasteiger partial charge in [-0.2, -0.15) is 4.98 Å². The molecule has 1 radical (unpaired) electrons. The highest BCUT2D eigenvalue weighted by atomic mass is 79.9. The van der Waals surface area contributed by atoms with E-state index in [0.717, 1.165) is 5.56 Å². The van der Waals surface area contributed by atoms with Crippen molar-refractivity contribution in [2.45, 2.75) is 6.54 Å². The summed E-state index contributed by atoms with van der Waals surface area (Å²) in [6, 6.07) is 14.6. The number of nitrogens with one attached hydrogen (secondary N) is 1. The molecule has 0 fully saturated rings. The molecule has 1 N–H and O–H groups in total. The van der Waals surface area contributed by atoms with Gasteiger partial charge < -0.3 is 22.0 Å². The highest BCUT2D eigenvalue weighted by molar-refractivity contribution is 5.89. The van der Waals surface area contributed by atoms with Crippen LogP contribution in [-0.2, 0) is 6.54 Å². The smallest absolute Gasteiger partial charge is 0.307 e. The second kappa shape index (κ2) is 5.73. The SMILES string of the molecule is O=c1[nH]cnc2c1[N+]=CN2Cc1ccc2ccccc2c1.[Br-]. The first-order valence-corrected chi connectivity index (χ1v) is 6.67. The van der Waals surface area contributed by atoms with Crippen molar-refractivity contribution in [3.05, 3.63) is 64.7 Å². The Morgan fingerprint density at radius 2 is 1.95 bits per heavy atom. The number of hydrogen-bond donors (Lipinski definition) is 1. The maximum Gasteiger partial charge on any atom is 0.307 e. The van der Waals surface area contributed by atoms with E-state index in [2.05, 4.69) is 45.3 Å². The highest BCUT2D eigenvalue weighted by Gasteiger charge is 2.30. The predicted molar refractivity (Wildman–Crippen MR) is 82.8 cm³/mol. The van der Waals surface area contributed by atoms with Gasteiger partial charge in [-0.15, -0.1) is 0 Å². The molecule has 1 aliphatic rings. The second-order valence-corrected chi connectivity index (χ2v) is 4.96. The number of benzene rings is 2. The molecular formula is C16H12BrN4O. The van der Waals surface area contributed by atoms with Crippen LogP contribution in [0.1, 0.15) is 5.56 Å². The lowest BCUT2D eigenvalue weighted by Crippen LogP contribution is -3.00. The summed E-state index contributed by atoms with van der Waals surface area (Å²) in [5, 5.41) is 2.41. The monoisotopic (exact) mass is 355 g/mol. The fourth-order valence-electron chi connectivity index (χ4n) is 2.54. The number of anilines is 1. The van der Waals surface area contributed by atoms with E-state index < -0.39 is 0 Å². The molecule has 22 heavy (non-hydrogen) atoms. The van der Waals surface area contributed by atoms with Gasteiger partial charge in [0.2, 0.25) is 0 Å². The lowest BCUT2D eigenvalue weighted by Gasteiger charge is -2.08. The highest BCUT2D eigenvalue weighted by Crippen LogP contribution is 2.23. The fraction of sp³-hybridized carbons (Fsp3) is 0.0625. The molecule has 3 aromatic rings. The number of rotatable bonds is 2. The van der Waals surface area contributed by atoms with Crippen molar-refractivity contribution in [2.24, 2.45) is 0 Å². The molecule has 109 valence electrons. The van der Waals surface area contributed by atoms with E-state index in [1.54, 1.807) is 6.34 Å². The van der Waals surface area contributed by atoms with Crippen LogP contribution in [0.25, 0.3) is 10.8 Å². The Morgan fingerprint density at radius 3 is 2.82 bits per heavy atom. The number of H-pyrrole nitrogens is 1. The van der Waals surface area contributed by atoms with Gasteiger partial charge in [0, 0.05) is 0 Å². The van der Waals surface area contributed by atoms with Crippen LogP contribution in [-0.4, -0.2) is 16.3 Å². The Labute approximate surface area is 137 Å². The van der Waals surface area contributed by atoms with Crippen LogP contribution >= 0.6 is 0 Å². The molecule has 1 aliphatic heterocycles. The van der Waals surface area contributed by atoms with E-state index in [1.807, 2.05) is 17.0 Å². The number of aliphatic imine (C=N–C) groups is 1. The lowest BCUT2D eigenvalue weighted by molar-refractivity contribution is -0.00000429. The van der Waals surface area contributed by atoms with E-state index in [1.165, 1.54) is 17.1 Å². The first-order chi connectivity index (χ1) is 10.3. The van der Waals surface area contributed by atoms with Gasteiger partial charge >= 0.3 is 11.2 Å². The minimum atomic E-state index is -0.211. The van der Waals surface area contributed by atoms with Crippen LogP contribution in [0.3, 0.4) is 0 Å². The van der Waals surface area contributed by atoms with Crippen molar-refractivity contribution in [3.63, 3.8) is 0 Å². The molecule has 2 aromatic carbocycles. The average molecular weight is 356 g/mol. The minimum absolute atomic E-state index is 0. The van der Waals surface area contributed by atoms with Crippen molar-refractivity contribution >= 4 is 28.6 Å². The molecule has 2 heterocycles. The van der Waals surface area contributed by atoms with Gasteiger partial charge in [-0.3, -0.25) is 4.79 Å². The fourth-order valence-corrected chi connectivity index (χ4v) is 2.54. The van der Waals surface area contributed by atoms with Gasteiger partial charge in [0.25, 0.3) is 12.2 Å². The van der Waals surface area contributed by atoms with Gasteiger partial charge in [-0.05, 0) is 27.4 Å². The number of aromatic nitrogens is 2. The number of aromatic amines is 1. The number of halogens is 1. The molecule has 0 bridgehead atoms. The Balaban J connectivity index is 0.00000144. The Morgan fingerprint density at radius 1 is 1.14 bits per heavy atom. The van der Waals surface area contributed by atoms with Gasteiger partial charge in [-0.1, -0.05) is 36.4 Å². The first-order valence-electron chi connectivity index (χ1n) is 6.67. The zero-order chi connectivity index (χ0) is 14.2. The summed E-state index contributed by atoms with van der Waals surface area (Å²) in [6.07, 6.45) is 3.06. The molecule has 0 atom stereocenters. The standard InChI is InChI=1S/C16H12N4O.BrH/c21-16-14-15(17-9-18-16)20(10-19-14)8-11-5-6-12-3-1-2-4-13(12)7-11;/h1-7,9-10H,8H2,(H,17,18,21);1H/q+1;/p-1. The molecule has 0 saturated heterocycles. The van der Waals surface area contributed by atoms with E-state index in [4.69, 9.17) is 0 Å². The molecule has 5 nitrogen and oxygen atoms in total. The van der Waals surface area contributed by atoms with Crippen molar-refractivity contribution in [2.75, 3.05) is 4.90 Å². The molecule has 0 amide bonds. The van der Waals surface area contributed by atoms with Crippen molar-refractivity contribution < 1.29 is 17.0 Å². The zero-order valence-corrected chi connectivity index (χ0v) is 13.1. The summed E-state index contributed by atoms with van der Waals surface area (Å²) >= 11 is 0. The molecular weight excluding hydrogens is 344 g/mol. The van der Waals surface area contributed by atoms with Crippen LogP contribution in [0, 0.1) is 0 Å². The summed E-state index contributed by atoms with van der Waals surface area (Å²) in [5.74, 6) is 0.604. The number of nitrogens with zero attached hydrogens (tertiary/aromatic N) is 3. The van der Waals surface area contributed by atoms with Gasteiger partial charge in [0.1, 0.15) is 6.54 Å². The van der Waals surface area contributed by atoms with E-state index >= 15 is 0 Å². The van der Waals surface area contributed by atoms with Gasteiger partial charge in [0.05, 0.1) is 6.33 Å². The van der Waals surface area contributed by atoms with Crippen LogP contribution in [0.15, 0.2) is 53.6 Å². The van der Waals surface area contributed by atoms with E-state index in [-0.39, 0.29) is 22.5 Å². The molecule has 0 aliphatic carbocycles. The summed E-state index contributed by atoms with van der Waals surface area (Å²) < 4.78 is 0. The number of hydrogen-bond acceptors (Lipinski definition) is 4. The maximum atomic E-state index is 11.6. The molecule has 0 spiro atoms. The Hall–Kier alpha value is -2.47. The lowest BCUT2D eigenvalue weighted by atomic mass is 10.1.